The summed E-state index contributed by atoms with van der Waals surface area (Å²) in [4.78, 5) is 11.4. The first-order valence-electron chi connectivity index (χ1n) is 4.60. The van der Waals surface area contributed by atoms with Gasteiger partial charge in [-0.05, 0) is 13.8 Å². The zero-order chi connectivity index (χ0) is 13.2. The van der Waals surface area contributed by atoms with E-state index in [1.165, 1.54) is 13.8 Å². The Bertz CT molecular complexity index is 560. The van der Waals surface area contributed by atoms with E-state index < -0.39 is 11.5 Å². The average molecular weight is 228 g/mol. The van der Waals surface area contributed by atoms with Gasteiger partial charge < -0.3 is 10.4 Å². The molecule has 0 saturated carbocycles. The van der Waals surface area contributed by atoms with Crippen LogP contribution in [0, 0.1) is 34.0 Å². The molecule has 0 aromatic heterocycles. The third kappa shape index (κ3) is 1.88. The predicted octanol–water partition coefficient (Wildman–Crippen LogP) is 0.00854. The van der Waals surface area contributed by atoms with Crippen LogP contribution in [0.25, 0.3) is 0 Å². The molecule has 0 aromatic rings. The van der Waals surface area contributed by atoms with Crippen LogP contribution < -0.4 is 5.32 Å². The lowest BCUT2D eigenvalue weighted by atomic mass is 9.99. The number of Topliss-reactive ketones (excluding diaryl/α,β-unsaturated/α-hetero) is 1. The monoisotopic (exact) mass is 228 g/mol. The van der Waals surface area contributed by atoms with Gasteiger partial charge in [0.05, 0.1) is 16.8 Å². The van der Waals surface area contributed by atoms with Crippen LogP contribution in [0.1, 0.15) is 13.8 Å². The maximum atomic E-state index is 11.4. The molecule has 0 amide bonds. The molecule has 1 atom stereocenters. The summed E-state index contributed by atoms with van der Waals surface area (Å²) in [6, 6.07) is 4.93. The Morgan fingerprint density at radius 1 is 1.35 bits per heavy atom. The van der Waals surface area contributed by atoms with Crippen LogP contribution in [0.3, 0.4) is 0 Å². The Morgan fingerprint density at radius 2 is 1.88 bits per heavy atom. The summed E-state index contributed by atoms with van der Waals surface area (Å²) >= 11 is 0. The molecule has 1 unspecified atom stereocenters. The van der Waals surface area contributed by atoms with Crippen LogP contribution in [0.5, 0.6) is 0 Å². The molecule has 0 spiro atoms. The van der Waals surface area contributed by atoms with Crippen molar-refractivity contribution in [1.82, 2.24) is 5.32 Å². The molecule has 0 saturated heterocycles. The van der Waals surface area contributed by atoms with Crippen molar-refractivity contribution in [1.29, 1.82) is 15.8 Å². The van der Waals surface area contributed by atoms with Crippen molar-refractivity contribution in [3.8, 4) is 18.2 Å². The SMILES string of the molecule is CC(=O)C1=C(C#N)C(=C(C#N)C#N)NC1(C)O. The van der Waals surface area contributed by atoms with Gasteiger partial charge in [-0.3, -0.25) is 4.79 Å². The number of nitrogens with zero attached hydrogens (tertiary/aromatic N) is 3. The maximum absolute atomic E-state index is 11.4. The highest BCUT2D eigenvalue weighted by atomic mass is 16.3. The molecular weight excluding hydrogens is 220 g/mol. The Kier molecular flexibility index (Phi) is 3.00. The molecule has 1 heterocycles. The van der Waals surface area contributed by atoms with Crippen molar-refractivity contribution >= 4 is 5.78 Å². The number of rotatable bonds is 1. The minimum absolute atomic E-state index is 0.104. The van der Waals surface area contributed by atoms with Crippen molar-refractivity contribution in [2.24, 2.45) is 0 Å². The third-order valence-corrected chi connectivity index (χ3v) is 2.29. The van der Waals surface area contributed by atoms with Crippen molar-refractivity contribution in [2.45, 2.75) is 19.6 Å². The van der Waals surface area contributed by atoms with Crippen molar-refractivity contribution in [3.63, 3.8) is 0 Å². The number of carbonyl (C=O) groups is 1. The van der Waals surface area contributed by atoms with E-state index >= 15 is 0 Å². The molecular formula is C11H8N4O2. The first kappa shape index (κ1) is 12.4. The van der Waals surface area contributed by atoms with Gasteiger partial charge in [0.15, 0.2) is 17.1 Å². The lowest BCUT2D eigenvalue weighted by molar-refractivity contribution is -0.115. The second-order valence-electron chi connectivity index (χ2n) is 3.59. The molecule has 0 aliphatic carbocycles. The van der Waals surface area contributed by atoms with Crippen LogP contribution in [0.15, 0.2) is 22.4 Å². The Labute approximate surface area is 97.7 Å². The van der Waals surface area contributed by atoms with Crippen LogP contribution in [-0.4, -0.2) is 16.6 Å². The normalized spacial score (nSPS) is 22.2. The van der Waals surface area contributed by atoms with Gasteiger partial charge in [0, 0.05) is 0 Å². The van der Waals surface area contributed by atoms with Crippen LogP contribution in [0.4, 0.5) is 0 Å². The quantitative estimate of drug-likeness (QED) is 0.609. The zero-order valence-corrected chi connectivity index (χ0v) is 9.20. The summed E-state index contributed by atoms with van der Waals surface area (Å²) in [7, 11) is 0. The fourth-order valence-electron chi connectivity index (χ4n) is 1.69. The van der Waals surface area contributed by atoms with E-state index in [0.29, 0.717) is 0 Å². The first-order chi connectivity index (χ1) is 7.88. The highest BCUT2D eigenvalue weighted by Crippen LogP contribution is 2.32. The molecule has 0 aromatic carbocycles. The molecule has 1 aliphatic heterocycles. The fourth-order valence-corrected chi connectivity index (χ4v) is 1.69. The smallest absolute Gasteiger partial charge is 0.163 e. The molecule has 0 bridgehead atoms. The number of nitrogens with one attached hydrogen (secondary N) is 1. The zero-order valence-electron chi connectivity index (χ0n) is 9.20. The van der Waals surface area contributed by atoms with Gasteiger partial charge >= 0.3 is 0 Å². The maximum Gasteiger partial charge on any atom is 0.163 e. The van der Waals surface area contributed by atoms with Gasteiger partial charge in [0.25, 0.3) is 0 Å². The Morgan fingerprint density at radius 3 is 2.24 bits per heavy atom. The number of ketones is 1. The second kappa shape index (κ2) is 4.09. The van der Waals surface area contributed by atoms with E-state index in [1.54, 1.807) is 18.2 Å². The lowest BCUT2D eigenvalue weighted by Gasteiger charge is -2.20. The van der Waals surface area contributed by atoms with Gasteiger partial charge in [0.2, 0.25) is 0 Å². The standard InChI is InChI=1S/C11H8N4O2/c1-6(16)9-8(5-14)10(7(3-12)4-13)15-11(9,2)17/h15,17H,1-2H3. The van der Waals surface area contributed by atoms with Crippen molar-refractivity contribution < 1.29 is 9.90 Å². The average Bonchev–Trinajstić information content (AvgIpc) is 2.51. The molecule has 6 nitrogen and oxygen atoms in total. The van der Waals surface area contributed by atoms with E-state index in [4.69, 9.17) is 15.8 Å². The van der Waals surface area contributed by atoms with Crippen LogP contribution in [0.2, 0.25) is 0 Å². The number of hydrogen-bond acceptors (Lipinski definition) is 6. The summed E-state index contributed by atoms with van der Waals surface area (Å²) in [6.45, 7) is 2.48. The van der Waals surface area contributed by atoms with Crippen LogP contribution >= 0.6 is 0 Å². The molecule has 2 N–H and O–H groups in total. The second-order valence-corrected chi connectivity index (χ2v) is 3.59. The number of hydrogen-bond donors (Lipinski definition) is 2. The number of nitriles is 3. The minimum atomic E-state index is -1.74. The number of carbonyl (C=O) groups excluding carboxylic acids is 1. The molecule has 0 fully saturated rings. The number of aliphatic hydroxyl groups is 1. The molecule has 1 rings (SSSR count). The van der Waals surface area contributed by atoms with Crippen LogP contribution in [-0.2, 0) is 4.79 Å². The minimum Gasteiger partial charge on any atom is -0.367 e. The van der Waals surface area contributed by atoms with Gasteiger partial charge in [-0.2, -0.15) is 15.8 Å². The van der Waals surface area contributed by atoms with Gasteiger partial charge in [-0.15, -0.1) is 0 Å². The van der Waals surface area contributed by atoms with Gasteiger partial charge in [0.1, 0.15) is 18.2 Å². The summed E-state index contributed by atoms with van der Waals surface area (Å²) < 4.78 is 0. The molecule has 17 heavy (non-hydrogen) atoms. The highest BCUT2D eigenvalue weighted by Gasteiger charge is 2.41. The summed E-state index contributed by atoms with van der Waals surface area (Å²) in [5.74, 6) is -0.496. The fraction of sp³-hybridized carbons (Fsp3) is 0.273. The molecule has 84 valence electrons. The van der Waals surface area contributed by atoms with E-state index in [0.717, 1.165) is 0 Å². The predicted molar refractivity (Wildman–Crippen MR) is 55.3 cm³/mol. The molecule has 6 heteroatoms. The first-order valence-corrected chi connectivity index (χ1v) is 4.60. The van der Waals surface area contributed by atoms with E-state index in [-0.39, 0.29) is 22.4 Å². The lowest BCUT2D eigenvalue weighted by Crippen LogP contribution is -2.40. The highest BCUT2D eigenvalue weighted by molar-refractivity contribution is 5.99. The summed E-state index contributed by atoms with van der Waals surface area (Å²) in [5, 5.41) is 38.8. The Balaban J connectivity index is 3.64. The van der Waals surface area contributed by atoms with Crippen molar-refractivity contribution in [3.05, 3.63) is 22.4 Å². The van der Waals surface area contributed by atoms with E-state index in [1.807, 2.05) is 0 Å². The van der Waals surface area contributed by atoms with Gasteiger partial charge in [-0.1, -0.05) is 0 Å². The number of allylic oxidation sites excluding steroid dienone is 2. The Hall–Kier alpha value is -2.62. The summed E-state index contributed by atoms with van der Waals surface area (Å²) in [5.41, 5.74) is -2.50. The topological polar surface area (TPSA) is 121 Å². The molecule has 0 radical (unpaired) electrons. The third-order valence-electron chi connectivity index (χ3n) is 2.29. The van der Waals surface area contributed by atoms with E-state index in [9.17, 15) is 9.90 Å². The van der Waals surface area contributed by atoms with Crippen molar-refractivity contribution in [2.75, 3.05) is 0 Å². The van der Waals surface area contributed by atoms with E-state index in [2.05, 4.69) is 5.32 Å². The molecule has 1 aliphatic rings. The largest absolute Gasteiger partial charge is 0.367 e. The van der Waals surface area contributed by atoms with Gasteiger partial charge in [-0.25, -0.2) is 0 Å². The summed E-state index contributed by atoms with van der Waals surface area (Å²) in [6.07, 6.45) is 0.